The van der Waals surface area contributed by atoms with E-state index in [2.05, 4.69) is 36.5 Å². The van der Waals surface area contributed by atoms with Crippen molar-refractivity contribution in [3.05, 3.63) is 69.0 Å². The van der Waals surface area contributed by atoms with Gasteiger partial charge in [0, 0.05) is 9.50 Å². The van der Waals surface area contributed by atoms with Crippen LogP contribution in [-0.4, -0.2) is 32.8 Å². The normalized spacial score (nSPS) is 11.0. The summed E-state index contributed by atoms with van der Waals surface area (Å²) in [6.07, 6.45) is 0. The Balaban J connectivity index is 1.75. The molecule has 1 amide bonds. The summed E-state index contributed by atoms with van der Waals surface area (Å²) in [6, 6.07) is 12.9. The van der Waals surface area contributed by atoms with Crippen molar-refractivity contribution in [1.29, 1.82) is 0 Å². The third-order valence-electron chi connectivity index (χ3n) is 4.70. The summed E-state index contributed by atoms with van der Waals surface area (Å²) < 4.78 is 7.91. The van der Waals surface area contributed by atoms with Crippen molar-refractivity contribution in [2.24, 2.45) is 0 Å². The number of methoxy groups -OCH3 is 1. The van der Waals surface area contributed by atoms with Crippen LogP contribution in [0.1, 0.15) is 21.9 Å². The van der Waals surface area contributed by atoms with Gasteiger partial charge in [0.25, 0.3) is 5.91 Å². The van der Waals surface area contributed by atoms with Gasteiger partial charge in [-0.3, -0.25) is 4.79 Å². The minimum Gasteiger partial charge on any atom is -0.495 e. The van der Waals surface area contributed by atoms with E-state index in [9.17, 15) is 4.79 Å². The lowest BCUT2D eigenvalue weighted by Gasteiger charge is -2.11. The molecule has 0 unspecified atom stereocenters. The Morgan fingerprint density at radius 1 is 1.13 bits per heavy atom. The maximum atomic E-state index is 12.9. The molecule has 0 radical (unpaired) electrons. The minimum absolute atomic E-state index is 0.161. The number of aryl methyl sites for hydroxylation is 2. The van der Waals surface area contributed by atoms with Gasteiger partial charge in [0.1, 0.15) is 5.75 Å². The molecule has 2 aromatic carbocycles. The van der Waals surface area contributed by atoms with E-state index in [0.29, 0.717) is 27.8 Å². The first-order valence-electron chi connectivity index (χ1n) is 9.02. The molecule has 0 fully saturated rings. The highest BCUT2D eigenvalue weighted by Gasteiger charge is 2.21. The second-order valence-electron chi connectivity index (χ2n) is 6.64. The van der Waals surface area contributed by atoms with Gasteiger partial charge < -0.3 is 10.1 Å². The number of fused-ring (bicyclic) bond motifs is 1. The summed E-state index contributed by atoms with van der Waals surface area (Å²) in [5, 5.41) is 16.3. The lowest BCUT2D eigenvalue weighted by atomic mass is 10.1. The van der Waals surface area contributed by atoms with E-state index in [4.69, 9.17) is 16.3 Å². The van der Waals surface area contributed by atoms with Crippen LogP contribution in [0.2, 0.25) is 5.02 Å². The number of hydrogen-bond acceptors (Lipinski definition) is 5. The highest BCUT2D eigenvalue weighted by Crippen LogP contribution is 2.30. The van der Waals surface area contributed by atoms with E-state index in [1.807, 2.05) is 31.2 Å². The Morgan fingerprint density at radius 2 is 1.87 bits per heavy atom. The smallest absolute Gasteiger partial charge is 0.278 e. The molecule has 152 valence electrons. The van der Waals surface area contributed by atoms with Crippen LogP contribution in [0.25, 0.3) is 16.8 Å². The first-order chi connectivity index (χ1) is 14.4. The SMILES string of the molecule is COc1ccc(Cl)cc1NC(=O)c1nnc2c(-c3ccc(Br)cc3)c(C)nn2c1C. The van der Waals surface area contributed by atoms with Gasteiger partial charge in [-0.05, 0) is 49.7 Å². The average molecular weight is 487 g/mol. The summed E-state index contributed by atoms with van der Waals surface area (Å²) in [6.45, 7) is 3.69. The maximum Gasteiger partial charge on any atom is 0.278 e. The third kappa shape index (κ3) is 3.64. The topological polar surface area (TPSA) is 81.4 Å². The number of halogens is 2. The molecule has 4 rings (SSSR count). The van der Waals surface area contributed by atoms with Crippen molar-refractivity contribution < 1.29 is 9.53 Å². The maximum absolute atomic E-state index is 12.9. The average Bonchev–Trinajstić information content (AvgIpc) is 3.06. The molecule has 2 heterocycles. The molecule has 0 spiro atoms. The summed E-state index contributed by atoms with van der Waals surface area (Å²) in [5.74, 6) is 0.0627. The Morgan fingerprint density at radius 3 is 2.57 bits per heavy atom. The number of aromatic nitrogens is 4. The van der Waals surface area contributed by atoms with Crippen molar-refractivity contribution in [3.8, 4) is 16.9 Å². The van der Waals surface area contributed by atoms with Crippen molar-refractivity contribution in [2.75, 3.05) is 12.4 Å². The van der Waals surface area contributed by atoms with Crippen LogP contribution in [0, 0.1) is 13.8 Å². The molecule has 2 aromatic heterocycles. The molecule has 30 heavy (non-hydrogen) atoms. The number of carbonyl (C=O) groups is 1. The van der Waals surface area contributed by atoms with Gasteiger partial charge in [-0.25, -0.2) is 4.52 Å². The van der Waals surface area contributed by atoms with Gasteiger partial charge in [0.2, 0.25) is 0 Å². The van der Waals surface area contributed by atoms with Crippen LogP contribution in [0.3, 0.4) is 0 Å². The molecule has 7 nitrogen and oxygen atoms in total. The van der Waals surface area contributed by atoms with Gasteiger partial charge in [-0.15, -0.1) is 10.2 Å². The zero-order chi connectivity index (χ0) is 21.4. The lowest BCUT2D eigenvalue weighted by Crippen LogP contribution is -2.19. The Labute approximate surface area is 186 Å². The summed E-state index contributed by atoms with van der Waals surface area (Å²) in [4.78, 5) is 12.9. The highest BCUT2D eigenvalue weighted by molar-refractivity contribution is 9.10. The lowest BCUT2D eigenvalue weighted by molar-refractivity contribution is 0.101. The number of anilines is 1. The predicted octanol–water partition coefficient (Wildman–Crippen LogP) is 5.08. The van der Waals surface area contributed by atoms with Crippen LogP contribution >= 0.6 is 27.5 Å². The molecule has 0 aliphatic carbocycles. The second-order valence-corrected chi connectivity index (χ2v) is 7.99. The van der Waals surface area contributed by atoms with Crippen molar-refractivity contribution in [3.63, 3.8) is 0 Å². The molecule has 0 saturated heterocycles. The summed E-state index contributed by atoms with van der Waals surface area (Å²) >= 11 is 9.49. The van der Waals surface area contributed by atoms with Crippen LogP contribution in [-0.2, 0) is 0 Å². The van der Waals surface area contributed by atoms with E-state index in [1.165, 1.54) is 7.11 Å². The van der Waals surface area contributed by atoms with Crippen LogP contribution in [0.5, 0.6) is 5.75 Å². The highest BCUT2D eigenvalue weighted by atomic mass is 79.9. The molecule has 0 bridgehead atoms. The van der Waals surface area contributed by atoms with E-state index in [-0.39, 0.29) is 5.69 Å². The summed E-state index contributed by atoms with van der Waals surface area (Å²) in [7, 11) is 1.52. The van der Waals surface area contributed by atoms with Gasteiger partial charge in [0.15, 0.2) is 11.3 Å². The first kappa shape index (κ1) is 20.3. The molecule has 0 aliphatic rings. The van der Waals surface area contributed by atoms with Crippen LogP contribution < -0.4 is 10.1 Å². The quantitative estimate of drug-likeness (QED) is 0.435. The predicted molar refractivity (Wildman–Crippen MR) is 119 cm³/mol. The van der Waals surface area contributed by atoms with Crippen molar-refractivity contribution in [1.82, 2.24) is 19.8 Å². The zero-order valence-corrected chi connectivity index (χ0v) is 18.7. The standard InChI is InChI=1S/C21H17BrClN5O2/c1-11-18(13-4-6-14(22)7-5-13)20-26-25-19(12(2)28(20)27-11)21(29)24-16-10-15(23)8-9-17(16)30-3/h4-10H,1-3H3,(H,24,29). The number of hydrogen-bond donors (Lipinski definition) is 1. The number of carbonyl (C=O) groups excluding carboxylic acids is 1. The number of benzene rings is 2. The molecule has 0 saturated carbocycles. The Hall–Kier alpha value is -2.97. The van der Waals surface area contributed by atoms with Gasteiger partial charge in [0.05, 0.1) is 29.7 Å². The first-order valence-corrected chi connectivity index (χ1v) is 10.2. The fourth-order valence-electron chi connectivity index (χ4n) is 3.23. The Kier molecular flexibility index (Phi) is 5.44. The number of nitrogens with zero attached hydrogens (tertiary/aromatic N) is 4. The van der Waals surface area contributed by atoms with Gasteiger partial charge >= 0.3 is 0 Å². The van der Waals surface area contributed by atoms with E-state index in [1.54, 1.807) is 29.6 Å². The number of nitrogens with one attached hydrogen (secondary N) is 1. The van der Waals surface area contributed by atoms with Crippen molar-refractivity contribution in [2.45, 2.75) is 13.8 Å². The molecular weight excluding hydrogens is 470 g/mol. The number of rotatable bonds is 4. The molecular formula is C21H17BrClN5O2. The molecule has 0 atom stereocenters. The second kappa shape index (κ2) is 8.04. The number of amides is 1. The monoisotopic (exact) mass is 485 g/mol. The van der Waals surface area contributed by atoms with Gasteiger partial charge in [-0.1, -0.05) is 39.7 Å². The molecule has 9 heteroatoms. The van der Waals surface area contributed by atoms with E-state index < -0.39 is 5.91 Å². The van der Waals surface area contributed by atoms with Gasteiger partial charge in [-0.2, -0.15) is 5.10 Å². The minimum atomic E-state index is -0.430. The van der Waals surface area contributed by atoms with Crippen molar-refractivity contribution >= 4 is 44.8 Å². The number of ether oxygens (including phenoxy) is 1. The molecule has 0 aliphatic heterocycles. The van der Waals surface area contributed by atoms with Crippen LogP contribution in [0.15, 0.2) is 46.9 Å². The zero-order valence-electron chi connectivity index (χ0n) is 16.4. The third-order valence-corrected chi connectivity index (χ3v) is 5.46. The molecule has 1 N–H and O–H groups in total. The summed E-state index contributed by atoms with van der Waals surface area (Å²) in [5.41, 5.74) is 4.41. The fraction of sp³-hybridized carbons (Fsp3) is 0.143. The largest absolute Gasteiger partial charge is 0.495 e. The fourth-order valence-corrected chi connectivity index (χ4v) is 3.67. The Bertz CT molecular complexity index is 1270. The van der Waals surface area contributed by atoms with E-state index >= 15 is 0 Å². The molecule has 4 aromatic rings. The van der Waals surface area contributed by atoms with E-state index in [0.717, 1.165) is 21.3 Å². The van der Waals surface area contributed by atoms with Crippen LogP contribution in [0.4, 0.5) is 5.69 Å².